The molecule has 0 unspecified atom stereocenters. The van der Waals surface area contributed by atoms with E-state index in [1.54, 1.807) is 0 Å². The first kappa shape index (κ1) is 96.0. The van der Waals surface area contributed by atoms with Crippen molar-refractivity contribution >= 4 is 114 Å². The average molecular weight is 1580 g/mol. The van der Waals surface area contributed by atoms with E-state index >= 15 is 0 Å². The van der Waals surface area contributed by atoms with E-state index in [0.717, 1.165) is 6.92 Å². The number of carboxylic acid groups (broad SMARTS) is 3. The molecule has 0 spiro atoms. The third-order valence-electron chi connectivity index (χ3n) is 14.9. The zero-order chi connectivity index (χ0) is 83.2. The number of hydrogen-bond acceptors (Lipinski definition) is 27. The third-order valence-corrected chi connectivity index (χ3v) is 15.4. The molecule has 0 aromatic heterocycles. The summed E-state index contributed by atoms with van der Waals surface area (Å²) >= 11 is 0. The SMILES string of the molecule is CC(C)[C@H](NC(=O)[C@H](CO)NC(=O)[C@H](CO)NC(=O)[C@H](CO)NC(=O)CNC(=O)[C@@H](NC(=O)[C@H](COP(=O)(O)O)NC(=O)[C@H](CC(=O)O)NC(=O)[C@H](CO)NC(=O)[C@H](CCCN=C(N)N)NC(=O)[C@H](CCC(=O)O)NC(=O)[C@H](CCCN=C(N)N)NC(=O)[C@H](C)N)[C@@H](C)O)C(=O)N[C@@H](Cc1ccc(O)cc1)C(=O)O. The van der Waals surface area contributed by atoms with Crippen LogP contribution in [0.3, 0.4) is 0 Å². The Morgan fingerprint density at radius 1 is 0.459 bits per heavy atom. The Morgan fingerprint density at radius 2 is 0.826 bits per heavy atom. The molecule has 0 bridgehead atoms. The van der Waals surface area contributed by atoms with Crippen LogP contribution in [0.1, 0.15) is 78.2 Å². The number of rotatable bonds is 51. The highest BCUT2D eigenvalue weighted by atomic mass is 31.2. The Kier molecular flexibility index (Phi) is 42.5. The number of aliphatic hydroxyl groups is 5. The zero-order valence-corrected chi connectivity index (χ0v) is 60.2. The number of amides is 13. The Morgan fingerprint density at radius 3 is 1.22 bits per heavy atom. The molecule has 0 aliphatic rings. The fourth-order valence-corrected chi connectivity index (χ4v) is 9.45. The van der Waals surface area contributed by atoms with Gasteiger partial charge in [0.25, 0.3) is 0 Å². The van der Waals surface area contributed by atoms with Crippen molar-refractivity contribution in [2.45, 2.75) is 164 Å². The number of phosphoric acid groups is 1. The minimum absolute atomic E-state index is 0.0353. The first-order chi connectivity index (χ1) is 50.9. The second-order valence-electron chi connectivity index (χ2n) is 24.3. The molecule has 0 saturated carbocycles. The lowest BCUT2D eigenvalue weighted by atomic mass is 10.0. The molecular weight excluding hydrogens is 1480 g/mol. The molecule has 14 atom stereocenters. The zero-order valence-electron chi connectivity index (χ0n) is 59.3. The Balaban J connectivity index is 3.37. The van der Waals surface area contributed by atoms with Crippen LogP contribution in [0.25, 0.3) is 0 Å². The quantitative estimate of drug-likeness (QED) is 0.0125. The van der Waals surface area contributed by atoms with Crippen molar-refractivity contribution in [3.8, 4) is 5.75 Å². The second-order valence-corrected chi connectivity index (χ2v) is 25.5. The fraction of sp³-hybridized carbons (Fsp3) is 0.593. The number of aromatic hydroxyl groups is 1. The number of carboxylic acids is 3. The number of phenols is 1. The molecule has 50 heteroatoms. The number of guanidine groups is 2. The maximum absolute atomic E-state index is 14.0. The van der Waals surface area contributed by atoms with E-state index in [2.05, 4.69) is 46.4 Å². The molecule has 0 aliphatic carbocycles. The Bertz CT molecular complexity index is 3430. The smallest absolute Gasteiger partial charge is 0.469 e. The summed E-state index contributed by atoms with van der Waals surface area (Å²) in [5.41, 5.74) is 27.6. The Labute approximate surface area is 619 Å². The van der Waals surface area contributed by atoms with E-state index < -0.39 is 264 Å². The van der Waals surface area contributed by atoms with E-state index in [4.69, 9.17) is 28.7 Å². The van der Waals surface area contributed by atoms with Crippen molar-refractivity contribution in [1.29, 1.82) is 0 Å². The van der Waals surface area contributed by atoms with Gasteiger partial charge in [-0.3, -0.25) is 86.4 Å². The lowest BCUT2D eigenvalue weighted by Gasteiger charge is -2.27. The number of phenolic OH excluding ortho intramolecular Hbond substituents is 1. The van der Waals surface area contributed by atoms with Gasteiger partial charge in [0, 0.05) is 25.9 Å². The standard InChI is InChI=1S/C59H97N20O29P/c1-25(2)43(56(102)73-34(57(103)104)17-28-9-11-29(85)12-10-28)78-53(99)38(23-83)76-52(98)37(22-82)75-50(96)35(20-80)68-40(86)19-67-55(101)44(27(4)84)79-54(100)39(24-108-109(105,106)107)77-49(95)33(18-42(89)90)72-51(97)36(21-81)74-47(93)31(8-6-16-66-59(63)64)70-48(94)32(13-14-41(87)88)71-46(92)30(69-45(91)26(3)60)7-5-15-65-58(61)62/h9-12,25-27,30-39,43-44,80-85H,5-8,13-24,60H2,1-4H3,(H,67,101)(H,68,86)(H,69,91)(H,70,94)(H,71,92)(H,72,97)(H,73,102)(H,74,93)(H,75,96)(H,76,98)(H,77,95)(H,78,99)(H,79,100)(H,87,88)(H,89,90)(H,103,104)(H4,61,62,65)(H4,63,64,66)(H2,105,106,107)/t26-,27+,30-,31-,32-,33-,34-,35-,36-,37-,38-,39-,43-,44-/m0/s1. The largest absolute Gasteiger partial charge is 0.508 e. The predicted octanol–water partition coefficient (Wildman–Crippen LogP) is -14.1. The number of nitrogens with two attached hydrogens (primary N) is 5. The number of aliphatic hydroxyl groups excluding tert-OH is 5. The van der Waals surface area contributed by atoms with Gasteiger partial charge in [0.15, 0.2) is 11.9 Å². The summed E-state index contributed by atoms with van der Waals surface area (Å²) in [6.45, 7) is -2.97. The molecule has 0 fully saturated rings. The first-order valence-corrected chi connectivity index (χ1v) is 34.4. The lowest BCUT2D eigenvalue weighted by Crippen LogP contribution is -2.62. The number of aliphatic imine (C=N–C) groups is 2. The number of phosphoric ester groups is 1. The van der Waals surface area contributed by atoms with Gasteiger partial charge in [-0.2, -0.15) is 0 Å². The van der Waals surface area contributed by atoms with Crippen LogP contribution in [-0.4, -0.2) is 300 Å². The van der Waals surface area contributed by atoms with Gasteiger partial charge in [0.2, 0.25) is 76.8 Å². The van der Waals surface area contributed by atoms with Crippen LogP contribution in [0.5, 0.6) is 5.75 Å². The van der Waals surface area contributed by atoms with Gasteiger partial charge in [-0.25, -0.2) is 9.36 Å². The molecule has 34 N–H and O–H groups in total. The van der Waals surface area contributed by atoms with E-state index in [1.165, 1.54) is 45.0 Å². The monoisotopic (exact) mass is 1580 g/mol. The first-order valence-electron chi connectivity index (χ1n) is 32.9. The number of hydrogen-bond donors (Lipinski definition) is 29. The molecule has 1 aromatic rings. The van der Waals surface area contributed by atoms with Crippen LogP contribution >= 0.6 is 7.82 Å². The molecule has 1 rings (SSSR count). The van der Waals surface area contributed by atoms with Crippen molar-refractivity contribution in [2.24, 2.45) is 44.6 Å². The van der Waals surface area contributed by atoms with Crippen LogP contribution in [-0.2, 0) is 92.2 Å². The van der Waals surface area contributed by atoms with Gasteiger partial charge in [0.1, 0.15) is 78.3 Å². The van der Waals surface area contributed by atoms with Crippen molar-refractivity contribution in [1.82, 2.24) is 69.1 Å². The molecule has 13 amide bonds. The highest BCUT2D eigenvalue weighted by Gasteiger charge is 2.39. The van der Waals surface area contributed by atoms with Crippen LogP contribution in [0.2, 0.25) is 0 Å². The van der Waals surface area contributed by atoms with Gasteiger partial charge in [-0.15, -0.1) is 0 Å². The normalized spacial score (nSPS) is 15.0. The minimum Gasteiger partial charge on any atom is -0.508 e. The summed E-state index contributed by atoms with van der Waals surface area (Å²) in [4.78, 5) is 238. The average Bonchev–Trinajstić information content (AvgIpc) is 0.859. The maximum Gasteiger partial charge on any atom is 0.469 e. The van der Waals surface area contributed by atoms with Crippen LogP contribution in [0.15, 0.2) is 34.3 Å². The van der Waals surface area contributed by atoms with Gasteiger partial charge >= 0.3 is 25.7 Å². The minimum atomic E-state index is -5.62. The predicted molar refractivity (Wildman–Crippen MR) is 371 cm³/mol. The van der Waals surface area contributed by atoms with Crippen LogP contribution < -0.4 is 97.8 Å². The van der Waals surface area contributed by atoms with E-state index in [0.29, 0.717) is 5.56 Å². The van der Waals surface area contributed by atoms with E-state index in [-0.39, 0.29) is 50.5 Å². The summed E-state index contributed by atoms with van der Waals surface area (Å²) in [7, 11) is -5.62. The van der Waals surface area contributed by atoms with Crippen LogP contribution in [0, 0.1) is 5.92 Å². The molecule has 0 heterocycles. The summed E-state index contributed by atoms with van der Waals surface area (Å²) in [6.07, 6.45) is -5.78. The van der Waals surface area contributed by atoms with Crippen molar-refractivity contribution in [2.75, 3.05) is 52.7 Å². The number of nitrogens with one attached hydrogen (secondary N) is 13. The maximum atomic E-state index is 14.0. The summed E-state index contributed by atoms with van der Waals surface area (Å²) in [5, 5.41) is 117. The highest BCUT2D eigenvalue weighted by molar-refractivity contribution is 7.46. The number of aliphatic carboxylic acids is 3. The van der Waals surface area contributed by atoms with Crippen molar-refractivity contribution in [3.63, 3.8) is 0 Å². The van der Waals surface area contributed by atoms with Gasteiger partial charge in [0.05, 0.1) is 58.1 Å². The molecular formula is C59H97N20O29P. The third kappa shape index (κ3) is 37.4. The Hall–Kier alpha value is -11.1. The van der Waals surface area contributed by atoms with E-state index in [1.807, 2.05) is 37.2 Å². The van der Waals surface area contributed by atoms with Crippen molar-refractivity contribution < 1.29 is 142 Å². The van der Waals surface area contributed by atoms with Gasteiger partial charge in [-0.05, 0) is 69.6 Å². The van der Waals surface area contributed by atoms with Gasteiger partial charge in [-0.1, -0.05) is 26.0 Å². The molecule has 49 nitrogen and oxygen atoms in total. The summed E-state index contributed by atoms with van der Waals surface area (Å²) in [6, 6.07) is -19.0. The lowest BCUT2D eigenvalue weighted by molar-refractivity contribution is -0.143. The molecule has 109 heavy (non-hydrogen) atoms. The molecule has 612 valence electrons. The fourth-order valence-electron chi connectivity index (χ4n) is 9.11. The molecule has 1 aromatic carbocycles. The number of nitrogens with zero attached hydrogens (tertiary/aromatic N) is 2. The topological polar surface area (TPSA) is 833 Å². The molecule has 0 aliphatic heterocycles. The number of carbonyl (C=O) groups is 16. The number of carbonyl (C=O) groups excluding carboxylic acids is 13. The van der Waals surface area contributed by atoms with Crippen LogP contribution in [0.4, 0.5) is 0 Å². The van der Waals surface area contributed by atoms with Gasteiger partial charge < -0.3 is 154 Å². The second kappa shape index (κ2) is 48.3. The van der Waals surface area contributed by atoms with Crippen molar-refractivity contribution in [3.05, 3.63) is 29.8 Å². The summed E-state index contributed by atoms with van der Waals surface area (Å²) < 4.78 is 16.2. The molecule has 0 saturated heterocycles. The molecule has 0 radical (unpaired) electrons. The number of benzene rings is 1. The highest BCUT2D eigenvalue weighted by Crippen LogP contribution is 2.35. The summed E-state index contributed by atoms with van der Waals surface area (Å²) in [5.74, 6) is -23.6. The van der Waals surface area contributed by atoms with E-state index in [9.17, 15) is 137 Å².